The molecule has 0 atom stereocenters. The highest BCUT2D eigenvalue weighted by molar-refractivity contribution is 9.10. The van der Waals surface area contributed by atoms with E-state index in [1.807, 2.05) is 25.1 Å². The molecule has 2 nitrogen and oxygen atoms in total. The fourth-order valence-electron chi connectivity index (χ4n) is 1.72. The monoisotopic (exact) mass is 319 g/mol. The molecule has 0 fully saturated rings. The highest BCUT2D eigenvalue weighted by Gasteiger charge is 2.13. The number of rotatable bonds is 2. The molecule has 1 heterocycles. The van der Waals surface area contributed by atoms with Crippen molar-refractivity contribution in [2.24, 2.45) is 0 Å². The first-order valence-corrected chi connectivity index (χ1v) is 7.07. The summed E-state index contributed by atoms with van der Waals surface area (Å²) in [6.45, 7) is 8.60. The summed E-state index contributed by atoms with van der Waals surface area (Å²) in [4.78, 5) is 4.24. The van der Waals surface area contributed by atoms with Crippen molar-refractivity contribution >= 4 is 15.9 Å². The summed E-state index contributed by atoms with van der Waals surface area (Å²) in [6.07, 6.45) is 1.75. The average Bonchev–Trinajstić information content (AvgIpc) is 2.35. The number of aromatic nitrogens is 1. The lowest BCUT2D eigenvalue weighted by molar-refractivity contribution is 0.458. The van der Waals surface area contributed by atoms with E-state index in [2.05, 4.69) is 53.8 Å². The standard InChI is InChI=1S/C16H18BrNO/c1-11-9-10-18-15(14(11)17)19-13-7-5-12(6-8-13)16(2,3)4/h5-10H,1-4H3. The lowest BCUT2D eigenvalue weighted by Gasteiger charge is -2.19. The first-order chi connectivity index (χ1) is 8.88. The highest BCUT2D eigenvalue weighted by Crippen LogP contribution is 2.31. The number of pyridine rings is 1. The van der Waals surface area contributed by atoms with Gasteiger partial charge in [-0.05, 0) is 57.6 Å². The Morgan fingerprint density at radius 3 is 2.26 bits per heavy atom. The minimum Gasteiger partial charge on any atom is -0.438 e. The van der Waals surface area contributed by atoms with Crippen molar-refractivity contribution in [1.82, 2.24) is 4.98 Å². The van der Waals surface area contributed by atoms with E-state index in [-0.39, 0.29) is 5.41 Å². The van der Waals surface area contributed by atoms with Crippen LogP contribution in [0.15, 0.2) is 41.0 Å². The van der Waals surface area contributed by atoms with Crippen molar-refractivity contribution in [3.63, 3.8) is 0 Å². The van der Waals surface area contributed by atoms with E-state index in [4.69, 9.17) is 4.74 Å². The van der Waals surface area contributed by atoms with Gasteiger partial charge in [0.25, 0.3) is 0 Å². The Morgan fingerprint density at radius 2 is 1.68 bits per heavy atom. The zero-order valence-electron chi connectivity index (χ0n) is 11.7. The zero-order chi connectivity index (χ0) is 14.0. The van der Waals surface area contributed by atoms with Gasteiger partial charge in [0.15, 0.2) is 0 Å². The molecule has 2 aromatic rings. The van der Waals surface area contributed by atoms with Crippen LogP contribution in [0.1, 0.15) is 31.9 Å². The first-order valence-electron chi connectivity index (χ1n) is 6.27. The number of halogens is 1. The van der Waals surface area contributed by atoms with Crippen LogP contribution in [-0.4, -0.2) is 4.98 Å². The summed E-state index contributed by atoms with van der Waals surface area (Å²) in [6, 6.07) is 10.1. The molecule has 100 valence electrons. The maximum atomic E-state index is 5.80. The number of benzene rings is 1. The largest absolute Gasteiger partial charge is 0.438 e. The van der Waals surface area contributed by atoms with Gasteiger partial charge in [-0.15, -0.1) is 0 Å². The van der Waals surface area contributed by atoms with E-state index < -0.39 is 0 Å². The van der Waals surface area contributed by atoms with Crippen molar-refractivity contribution in [3.05, 3.63) is 52.1 Å². The molecule has 19 heavy (non-hydrogen) atoms. The maximum absolute atomic E-state index is 5.80. The fraction of sp³-hybridized carbons (Fsp3) is 0.312. The fourth-order valence-corrected chi connectivity index (χ4v) is 2.04. The molecule has 0 saturated heterocycles. The lowest BCUT2D eigenvalue weighted by Crippen LogP contribution is -2.10. The normalized spacial score (nSPS) is 11.4. The Kier molecular flexibility index (Phi) is 3.95. The number of aryl methyl sites for hydroxylation is 1. The molecule has 0 N–H and O–H groups in total. The van der Waals surface area contributed by atoms with Crippen LogP contribution in [0.5, 0.6) is 11.6 Å². The first kappa shape index (κ1) is 14.1. The molecular formula is C16H18BrNO. The van der Waals surface area contributed by atoms with E-state index >= 15 is 0 Å². The third kappa shape index (κ3) is 3.35. The van der Waals surface area contributed by atoms with Gasteiger partial charge in [0.2, 0.25) is 5.88 Å². The minimum atomic E-state index is 0.153. The van der Waals surface area contributed by atoms with Gasteiger partial charge in [-0.1, -0.05) is 32.9 Å². The topological polar surface area (TPSA) is 22.1 Å². The van der Waals surface area contributed by atoms with Crippen LogP contribution < -0.4 is 4.74 Å². The van der Waals surface area contributed by atoms with E-state index in [1.54, 1.807) is 6.20 Å². The molecule has 0 radical (unpaired) electrons. The van der Waals surface area contributed by atoms with Crippen molar-refractivity contribution in [2.75, 3.05) is 0 Å². The van der Waals surface area contributed by atoms with E-state index in [1.165, 1.54) is 5.56 Å². The summed E-state index contributed by atoms with van der Waals surface area (Å²) in [7, 11) is 0. The van der Waals surface area contributed by atoms with E-state index in [9.17, 15) is 0 Å². The molecule has 1 aromatic heterocycles. The molecule has 0 bridgehead atoms. The van der Waals surface area contributed by atoms with Gasteiger partial charge in [0, 0.05) is 6.20 Å². The Hall–Kier alpha value is -1.35. The van der Waals surface area contributed by atoms with Gasteiger partial charge in [0.05, 0.1) is 4.47 Å². The molecule has 2 rings (SSSR count). The average molecular weight is 320 g/mol. The second kappa shape index (κ2) is 5.33. The van der Waals surface area contributed by atoms with Crippen molar-refractivity contribution < 1.29 is 4.74 Å². The van der Waals surface area contributed by atoms with Crippen LogP contribution >= 0.6 is 15.9 Å². The Morgan fingerprint density at radius 1 is 1.05 bits per heavy atom. The van der Waals surface area contributed by atoms with Gasteiger partial charge in [0.1, 0.15) is 5.75 Å². The van der Waals surface area contributed by atoms with Crippen LogP contribution in [0.2, 0.25) is 0 Å². The van der Waals surface area contributed by atoms with Crippen LogP contribution in [0, 0.1) is 6.92 Å². The molecule has 0 aliphatic rings. The van der Waals surface area contributed by atoms with Crippen LogP contribution in [0.25, 0.3) is 0 Å². The van der Waals surface area contributed by atoms with Gasteiger partial charge in [-0.2, -0.15) is 0 Å². The van der Waals surface area contributed by atoms with Crippen LogP contribution in [0.4, 0.5) is 0 Å². The third-order valence-electron chi connectivity index (χ3n) is 2.99. The van der Waals surface area contributed by atoms with Crippen molar-refractivity contribution in [2.45, 2.75) is 33.1 Å². The molecule has 0 saturated carbocycles. The predicted molar refractivity (Wildman–Crippen MR) is 81.9 cm³/mol. The Balaban J connectivity index is 2.23. The maximum Gasteiger partial charge on any atom is 0.233 e. The van der Waals surface area contributed by atoms with E-state index in [0.717, 1.165) is 15.8 Å². The zero-order valence-corrected chi connectivity index (χ0v) is 13.3. The summed E-state index contributed by atoms with van der Waals surface area (Å²) in [5, 5.41) is 0. The molecule has 0 unspecified atom stereocenters. The molecule has 3 heteroatoms. The third-order valence-corrected chi connectivity index (χ3v) is 3.95. The van der Waals surface area contributed by atoms with Gasteiger partial charge in [-0.25, -0.2) is 4.98 Å². The molecule has 0 spiro atoms. The molecular weight excluding hydrogens is 302 g/mol. The van der Waals surface area contributed by atoms with Crippen LogP contribution in [-0.2, 0) is 5.41 Å². The molecule has 0 aliphatic heterocycles. The van der Waals surface area contributed by atoms with E-state index in [0.29, 0.717) is 5.88 Å². The summed E-state index contributed by atoms with van der Waals surface area (Å²) < 4.78 is 6.70. The lowest BCUT2D eigenvalue weighted by atomic mass is 9.87. The second-order valence-electron chi connectivity index (χ2n) is 5.62. The number of hydrogen-bond acceptors (Lipinski definition) is 2. The predicted octanol–water partition coefficient (Wildman–Crippen LogP) is 5.24. The molecule has 1 aromatic carbocycles. The number of ether oxygens (including phenoxy) is 1. The van der Waals surface area contributed by atoms with Gasteiger partial charge < -0.3 is 4.74 Å². The Labute approximate surface area is 123 Å². The summed E-state index contributed by atoms with van der Waals surface area (Å²) in [5.41, 5.74) is 2.55. The smallest absolute Gasteiger partial charge is 0.233 e. The van der Waals surface area contributed by atoms with Gasteiger partial charge >= 0.3 is 0 Å². The van der Waals surface area contributed by atoms with Crippen molar-refractivity contribution in [1.29, 1.82) is 0 Å². The minimum absolute atomic E-state index is 0.153. The van der Waals surface area contributed by atoms with Crippen molar-refractivity contribution in [3.8, 4) is 11.6 Å². The highest BCUT2D eigenvalue weighted by atomic mass is 79.9. The molecule has 0 amide bonds. The van der Waals surface area contributed by atoms with Gasteiger partial charge in [-0.3, -0.25) is 0 Å². The number of nitrogens with zero attached hydrogens (tertiary/aromatic N) is 1. The summed E-state index contributed by atoms with van der Waals surface area (Å²) in [5.74, 6) is 1.40. The number of hydrogen-bond donors (Lipinski definition) is 0. The summed E-state index contributed by atoms with van der Waals surface area (Å²) >= 11 is 3.50. The second-order valence-corrected chi connectivity index (χ2v) is 6.42. The Bertz CT molecular complexity index is 570. The van der Waals surface area contributed by atoms with Crippen LogP contribution in [0.3, 0.4) is 0 Å². The molecule has 0 aliphatic carbocycles. The SMILES string of the molecule is Cc1ccnc(Oc2ccc(C(C)(C)C)cc2)c1Br. The quantitative estimate of drug-likeness (QED) is 0.754.